The predicted molar refractivity (Wildman–Crippen MR) is 70.6 cm³/mol. The van der Waals surface area contributed by atoms with Gasteiger partial charge < -0.3 is 19.5 Å². The molecule has 0 bridgehead atoms. The van der Waals surface area contributed by atoms with Crippen LogP contribution in [0, 0.1) is 0 Å². The van der Waals surface area contributed by atoms with Crippen LogP contribution in [0.5, 0.6) is 0 Å². The smallest absolute Gasteiger partial charge is 0.371 e. The average molecular weight is 268 g/mol. The number of carboxylic acid groups (broad SMARTS) is 1. The molecule has 1 aliphatic heterocycles. The van der Waals surface area contributed by atoms with Crippen molar-refractivity contribution in [2.45, 2.75) is 19.4 Å². The van der Waals surface area contributed by atoms with Crippen LogP contribution in [0.25, 0.3) is 0 Å². The molecular weight excluding hydrogens is 248 g/mol. The third-order valence-electron chi connectivity index (χ3n) is 3.10. The number of hydrogen-bond donors (Lipinski definition) is 2. The van der Waals surface area contributed by atoms with Crippen LogP contribution >= 0.6 is 0 Å². The molecule has 106 valence electrons. The molecule has 2 N–H and O–H groups in total. The molecule has 0 radical (unpaired) electrons. The Labute approximate surface area is 112 Å². The van der Waals surface area contributed by atoms with Crippen molar-refractivity contribution in [3.05, 3.63) is 17.9 Å². The van der Waals surface area contributed by atoms with Crippen LogP contribution in [0.15, 0.2) is 16.5 Å². The molecule has 1 aliphatic rings. The van der Waals surface area contributed by atoms with Crippen molar-refractivity contribution < 1.29 is 19.4 Å². The lowest BCUT2D eigenvalue weighted by Crippen LogP contribution is -2.50. The summed E-state index contributed by atoms with van der Waals surface area (Å²) in [6.45, 7) is 7.42. The molecule has 1 saturated heterocycles. The second kappa shape index (κ2) is 5.22. The summed E-state index contributed by atoms with van der Waals surface area (Å²) in [6.07, 6.45) is 0. The highest BCUT2D eigenvalue weighted by Crippen LogP contribution is 2.20. The van der Waals surface area contributed by atoms with Crippen LogP contribution in [0.4, 0.5) is 5.88 Å². The summed E-state index contributed by atoms with van der Waals surface area (Å²) in [4.78, 5) is 15.0. The van der Waals surface area contributed by atoms with Crippen LogP contribution in [-0.4, -0.2) is 59.4 Å². The highest BCUT2D eigenvalue weighted by Gasteiger charge is 2.24. The number of furan rings is 1. The van der Waals surface area contributed by atoms with Crippen LogP contribution < -0.4 is 4.90 Å². The molecule has 0 atom stereocenters. The maximum atomic E-state index is 10.8. The zero-order valence-corrected chi connectivity index (χ0v) is 11.3. The van der Waals surface area contributed by atoms with Crippen molar-refractivity contribution in [1.82, 2.24) is 4.90 Å². The quantitative estimate of drug-likeness (QED) is 0.844. The van der Waals surface area contributed by atoms with Crippen molar-refractivity contribution in [3.8, 4) is 0 Å². The zero-order valence-electron chi connectivity index (χ0n) is 11.3. The van der Waals surface area contributed by atoms with E-state index in [1.165, 1.54) is 6.07 Å². The standard InChI is InChI=1S/C13H20N2O4/c1-13(2,18)9-14-5-7-15(8-6-14)11-4-3-10(19-11)12(16)17/h3-4,18H,5-9H2,1-2H3,(H,16,17). The van der Waals surface area contributed by atoms with Gasteiger partial charge in [-0.1, -0.05) is 0 Å². The Balaban J connectivity index is 1.90. The number of nitrogens with zero attached hydrogens (tertiary/aromatic N) is 2. The number of aliphatic hydroxyl groups is 1. The SMILES string of the molecule is CC(C)(O)CN1CCN(c2ccc(C(=O)O)o2)CC1. The third kappa shape index (κ3) is 3.71. The lowest BCUT2D eigenvalue weighted by molar-refractivity contribution is 0.0342. The second-order valence-corrected chi connectivity index (χ2v) is 5.52. The highest BCUT2D eigenvalue weighted by atomic mass is 16.4. The Morgan fingerprint density at radius 2 is 1.95 bits per heavy atom. The van der Waals surface area contributed by atoms with Crippen molar-refractivity contribution in [2.24, 2.45) is 0 Å². The minimum absolute atomic E-state index is 0.0334. The maximum absolute atomic E-state index is 10.8. The van der Waals surface area contributed by atoms with Gasteiger partial charge in [0.25, 0.3) is 0 Å². The number of rotatable bonds is 4. The van der Waals surface area contributed by atoms with E-state index in [1.54, 1.807) is 19.9 Å². The molecule has 0 amide bonds. The number of carboxylic acids is 1. The number of piperazine rings is 1. The molecule has 0 spiro atoms. The van der Waals surface area contributed by atoms with Gasteiger partial charge in [-0.05, 0) is 19.9 Å². The summed E-state index contributed by atoms with van der Waals surface area (Å²) >= 11 is 0. The first kappa shape index (κ1) is 13.9. The molecule has 1 fully saturated rings. The van der Waals surface area contributed by atoms with Gasteiger partial charge in [-0.15, -0.1) is 0 Å². The first-order valence-electron chi connectivity index (χ1n) is 6.38. The fraction of sp³-hybridized carbons (Fsp3) is 0.615. The predicted octanol–water partition coefficient (Wildman–Crippen LogP) is 0.871. The Morgan fingerprint density at radius 1 is 1.32 bits per heavy atom. The molecular formula is C13H20N2O4. The lowest BCUT2D eigenvalue weighted by Gasteiger charge is -2.37. The van der Waals surface area contributed by atoms with Crippen LogP contribution in [0.2, 0.25) is 0 Å². The van der Waals surface area contributed by atoms with Gasteiger partial charge in [0.05, 0.1) is 5.60 Å². The van der Waals surface area contributed by atoms with E-state index in [1.807, 2.05) is 4.90 Å². The molecule has 6 nitrogen and oxygen atoms in total. The molecule has 0 unspecified atom stereocenters. The fourth-order valence-corrected chi connectivity index (χ4v) is 2.29. The molecule has 0 saturated carbocycles. The van der Waals surface area contributed by atoms with E-state index in [0.29, 0.717) is 12.4 Å². The Hall–Kier alpha value is -1.53. The fourth-order valence-electron chi connectivity index (χ4n) is 2.29. The van der Waals surface area contributed by atoms with Crippen molar-refractivity contribution in [1.29, 1.82) is 0 Å². The molecule has 1 aromatic heterocycles. The van der Waals surface area contributed by atoms with Gasteiger partial charge in [-0.2, -0.15) is 0 Å². The molecule has 1 aromatic rings. The van der Waals surface area contributed by atoms with Gasteiger partial charge in [0.2, 0.25) is 5.76 Å². The van der Waals surface area contributed by atoms with Crippen LogP contribution in [0.3, 0.4) is 0 Å². The third-order valence-corrected chi connectivity index (χ3v) is 3.10. The number of hydrogen-bond acceptors (Lipinski definition) is 5. The van der Waals surface area contributed by atoms with Crippen LogP contribution in [0.1, 0.15) is 24.4 Å². The summed E-state index contributed by atoms with van der Waals surface area (Å²) in [5.74, 6) is -0.485. The van der Waals surface area contributed by atoms with Crippen molar-refractivity contribution >= 4 is 11.9 Å². The summed E-state index contributed by atoms with van der Waals surface area (Å²) in [7, 11) is 0. The van der Waals surface area contributed by atoms with E-state index in [4.69, 9.17) is 9.52 Å². The van der Waals surface area contributed by atoms with Gasteiger partial charge in [0.1, 0.15) is 0 Å². The number of aromatic carboxylic acids is 1. The number of carbonyl (C=O) groups is 1. The Morgan fingerprint density at radius 3 is 2.42 bits per heavy atom. The van der Waals surface area contributed by atoms with Gasteiger partial charge in [-0.25, -0.2) is 4.79 Å². The zero-order chi connectivity index (χ0) is 14.0. The minimum Gasteiger partial charge on any atom is -0.475 e. The Kier molecular flexibility index (Phi) is 3.82. The number of β-amino-alcohol motifs (C(OH)–C–C–N with tert-alkyl or cyclic N) is 1. The minimum atomic E-state index is -1.05. The first-order chi connectivity index (χ1) is 8.85. The topological polar surface area (TPSA) is 77.2 Å². The summed E-state index contributed by atoms with van der Waals surface area (Å²) in [6, 6.07) is 3.16. The van der Waals surface area contributed by atoms with E-state index < -0.39 is 11.6 Å². The van der Waals surface area contributed by atoms with Gasteiger partial charge in [0.15, 0.2) is 5.88 Å². The van der Waals surface area contributed by atoms with Gasteiger partial charge >= 0.3 is 5.97 Å². The van der Waals surface area contributed by atoms with E-state index >= 15 is 0 Å². The molecule has 2 rings (SSSR count). The van der Waals surface area contributed by atoms with Gasteiger partial charge in [0, 0.05) is 38.8 Å². The van der Waals surface area contributed by atoms with E-state index in [2.05, 4.69) is 4.90 Å². The lowest BCUT2D eigenvalue weighted by atomic mass is 10.1. The molecule has 2 heterocycles. The molecule has 0 aromatic carbocycles. The highest BCUT2D eigenvalue weighted by molar-refractivity contribution is 5.84. The average Bonchev–Trinajstić information content (AvgIpc) is 2.77. The van der Waals surface area contributed by atoms with E-state index in [9.17, 15) is 9.90 Å². The first-order valence-corrected chi connectivity index (χ1v) is 6.38. The number of anilines is 1. The van der Waals surface area contributed by atoms with Crippen LogP contribution in [-0.2, 0) is 0 Å². The Bertz CT molecular complexity index is 442. The maximum Gasteiger partial charge on any atom is 0.371 e. The van der Waals surface area contributed by atoms with E-state index in [-0.39, 0.29) is 5.76 Å². The largest absolute Gasteiger partial charge is 0.475 e. The van der Waals surface area contributed by atoms with Gasteiger partial charge in [-0.3, -0.25) is 4.90 Å². The molecule has 0 aliphatic carbocycles. The summed E-state index contributed by atoms with van der Waals surface area (Å²) in [5.41, 5.74) is -0.691. The summed E-state index contributed by atoms with van der Waals surface area (Å²) in [5, 5.41) is 18.6. The molecule has 6 heteroatoms. The normalized spacial score (nSPS) is 17.7. The van der Waals surface area contributed by atoms with Crippen molar-refractivity contribution in [2.75, 3.05) is 37.6 Å². The van der Waals surface area contributed by atoms with Crippen molar-refractivity contribution in [3.63, 3.8) is 0 Å². The monoisotopic (exact) mass is 268 g/mol. The second-order valence-electron chi connectivity index (χ2n) is 5.52. The van der Waals surface area contributed by atoms with E-state index in [0.717, 1.165) is 26.2 Å². The molecule has 19 heavy (non-hydrogen) atoms. The summed E-state index contributed by atoms with van der Waals surface area (Å²) < 4.78 is 5.28.